The SMILES string of the molecule is CCC(NC)c1ccccc1Sc1ccncc1. The zero-order chi connectivity index (χ0) is 12.8. The van der Waals surface area contributed by atoms with E-state index in [0.29, 0.717) is 6.04 Å². The van der Waals surface area contributed by atoms with Gasteiger partial charge in [0.05, 0.1) is 0 Å². The minimum Gasteiger partial charge on any atom is -0.313 e. The number of aromatic nitrogens is 1. The monoisotopic (exact) mass is 258 g/mol. The second-order valence-corrected chi connectivity index (χ2v) is 5.19. The van der Waals surface area contributed by atoms with Crippen molar-refractivity contribution in [3.63, 3.8) is 0 Å². The highest BCUT2D eigenvalue weighted by Gasteiger charge is 2.11. The molecule has 0 fully saturated rings. The fourth-order valence-electron chi connectivity index (χ4n) is 1.97. The van der Waals surface area contributed by atoms with Gasteiger partial charge in [-0.2, -0.15) is 0 Å². The molecule has 3 heteroatoms. The van der Waals surface area contributed by atoms with Crippen LogP contribution in [-0.4, -0.2) is 12.0 Å². The van der Waals surface area contributed by atoms with Crippen molar-refractivity contribution in [2.45, 2.75) is 29.2 Å². The molecule has 0 radical (unpaired) electrons. The van der Waals surface area contributed by atoms with Gasteiger partial charge in [-0.15, -0.1) is 0 Å². The molecular formula is C15H18N2S. The quantitative estimate of drug-likeness (QED) is 0.880. The number of hydrogen-bond acceptors (Lipinski definition) is 3. The third-order valence-electron chi connectivity index (χ3n) is 2.93. The second kappa shape index (κ2) is 6.57. The van der Waals surface area contributed by atoms with Crippen molar-refractivity contribution in [1.29, 1.82) is 0 Å². The highest BCUT2D eigenvalue weighted by molar-refractivity contribution is 7.99. The van der Waals surface area contributed by atoms with E-state index in [0.717, 1.165) is 6.42 Å². The van der Waals surface area contributed by atoms with E-state index in [1.54, 1.807) is 11.8 Å². The smallest absolute Gasteiger partial charge is 0.0326 e. The summed E-state index contributed by atoms with van der Waals surface area (Å²) in [5, 5.41) is 3.37. The number of benzene rings is 1. The Morgan fingerprint density at radius 3 is 2.56 bits per heavy atom. The molecule has 2 nitrogen and oxygen atoms in total. The van der Waals surface area contributed by atoms with Crippen LogP contribution in [0, 0.1) is 0 Å². The summed E-state index contributed by atoms with van der Waals surface area (Å²) < 4.78 is 0. The standard InChI is InChI=1S/C15H18N2S/c1-3-14(16-2)13-6-4-5-7-15(13)18-12-8-10-17-11-9-12/h4-11,14,16H,3H2,1-2H3. The Hall–Kier alpha value is -1.32. The van der Waals surface area contributed by atoms with Crippen LogP contribution in [0.2, 0.25) is 0 Å². The first kappa shape index (κ1) is 13.1. The van der Waals surface area contributed by atoms with Crippen LogP contribution in [0.3, 0.4) is 0 Å². The Labute approximate surface area is 113 Å². The van der Waals surface area contributed by atoms with Crippen molar-refractivity contribution >= 4 is 11.8 Å². The van der Waals surface area contributed by atoms with E-state index in [9.17, 15) is 0 Å². The lowest BCUT2D eigenvalue weighted by Gasteiger charge is -2.18. The fraction of sp³-hybridized carbons (Fsp3) is 0.267. The molecule has 0 aliphatic carbocycles. The molecule has 0 aliphatic rings. The lowest BCUT2D eigenvalue weighted by atomic mass is 10.1. The minimum atomic E-state index is 0.413. The molecule has 1 aromatic heterocycles. The first-order chi connectivity index (χ1) is 8.85. The predicted molar refractivity (Wildman–Crippen MR) is 76.9 cm³/mol. The molecular weight excluding hydrogens is 240 g/mol. The van der Waals surface area contributed by atoms with Crippen LogP contribution in [0.1, 0.15) is 24.9 Å². The van der Waals surface area contributed by atoms with Crippen LogP contribution in [0.25, 0.3) is 0 Å². The average molecular weight is 258 g/mol. The van der Waals surface area contributed by atoms with Gasteiger partial charge in [0.15, 0.2) is 0 Å². The molecule has 1 unspecified atom stereocenters. The number of pyridine rings is 1. The molecule has 18 heavy (non-hydrogen) atoms. The molecule has 2 rings (SSSR count). The fourth-order valence-corrected chi connectivity index (χ4v) is 2.96. The summed E-state index contributed by atoms with van der Waals surface area (Å²) in [6, 6.07) is 13.1. The van der Waals surface area contributed by atoms with Gasteiger partial charge >= 0.3 is 0 Å². The molecule has 1 heterocycles. The Kier molecular flexibility index (Phi) is 4.79. The molecule has 94 valence electrons. The Morgan fingerprint density at radius 2 is 1.89 bits per heavy atom. The largest absolute Gasteiger partial charge is 0.313 e. The van der Waals surface area contributed by atoms with Crippen LogP contribution in [0.4, 0.5) is 0 Å². The molecule has 0 aliphatic heterocycles. The Bertz CT molecular complexity index is 481. The molecule has 0 spiro atoms. The summed E-state index contributed by atoms with van der Waals surface area (Å²) in [5.41, 5.74) is 1.37. The van der Waals surface area contributed by atoms with Gasteiger partial charge in [0, 0.05) is 28.2 Å². The predicted octanol–water partition coefficient (Wildman–Crippen LogP) is 3.90. The highest BCUT2D eigenvalue weighted by Crippen LogP contribution is 2.33. The van der Waals surface area contributed by atoms with Gasteiger partial charge in [0.25, 0.3) is 0 Å². The van der Waals surface area contributed by atoms with Crippen LogP contribution >= 0.6 is 11.8 Å². The minimum absolute atomic E-state index is 0.413. The third-order valence-corrected chi connectivity index (χ3v) is 4.03. The van der Waals surface area contributed by atoms with Crippen molar-refractivity contribution in [2.24, 2.45) is 0 Å². The molecule has 0 bridgehead atoms. The zero-order valence-corrected chi connectivity index (χ0v) is 11.6. The maximum absolute atomic E-state index is 4.05. The van der Waals surface area contributed by atoms with E-state index in [2.05, 4.69) is 41.5 Å². The van der Waals surface area contributed by atoms with Crippen molar-refractivity contribution in [2.75, 3.05) is 7.05 Å². The zero-order valence-electron chi connectivity index (χ0n) is 10.8. The van der Waals surface area contributed by atoms with Gasteiger partial charge in [-0.05, 0) is 37.2 Å². The topological polar surface area (TPSA) is 24.9 Å². The summed E-state index contributed by atoms with van der Waals surface area (Å²) >= 11 is 1.79. The molecule has 0 amide bonds. The molecule has 1 atom stereocenters. The Balaban J connectivity index is 2.28. The van der Waals surface area contributed by atoms with E-state index >= 15 is 0 Å². The summed E-state index contributed by atoms with van der Waals surface area (Å²) in [5.74, 6) is 0. The van der Waals surface area contributed by atoms with Gasteiger partial charge in [-0.3, -0.25) is 4.98 Å². The number of hydrogen-bond donors (Lipinski definition) is 1. The van der Waals surface area contributed by atoms with Gasteiger partial charge in [-0.25, -0.2) is 0 Å². The van der Waals surface area contributed by atoms with E-state index < -0.39 is 0 Å². The summed E-state index contributed by atoms with van der Waals surface area (Å²) in [6.07, 6.45) is 4.76. The van der Waals surface area contributed by atoms with Gasteiger partial charge < -0.3 is 5.32 Å². The maximum Gasteiger partial charge on any atom is 0.0326 e. The van der Waals surface area contributed by atoms with Gasteiger partial charge in [-0.1, -0.05) is 36.9 Å². The van der Waals surface area contributed by atoms with E-state index in [4.69, 9.17) is 0 Å². The summed E-state index contributed by atoms with van der Waals surface area (Å²) in [7, 11) is 2.02. The maximum atomic E-state index is 4.05. The second-order valence-electron chi connectivity index (χ2n) is 4.07. The molecule has 0 saturated carbocycles. The molecule has 0 saturated heterocycles. The number of rotatable bonds is 5. The average Bonchev–Trinajstić information content (AvgIpc) is 2.43. The molecule has 2 aromatic rings. The lowest BCUT2D eigenvalue weighted by Crippen LogP contribution is -2.15. The number of nitrogens with one attached hydrogen (secondary N) is 1. The van der Waals surface area contributed by atoms with Crippen LogP contribution in [0.5, 0.6) is 0 Å². The van der Waals surface area contributed by atoms with Crippen molar-refractivity contribution < 1.29 is 0 Å². The van der Waals surface area contributed by atoms with E-state index in [1.807, 2.05) is 31.6 Å². The summed E-state index contributed by atoms with van der Waals surface area (Å²) in [4.78, 5) is 6.59. The lowest BCUT2D eigenvalue weighted by molar-refractivity contribution is 0.568. The van der Waals surface area contributed by atoms with Crippen LogP contribution < -0.4 is 5.32 Å². The van der Waals surface area contributed by atoms with Crippen molar-refractivity contribution in [3.05, 3.63) is 54.4 Å². The summed E-state index contributed by atoms with van der Waals surface area (Å²) in [6.45, 7) is 2.20. The van der Waals surface area contributed by atoms with E-state index in [-0.39, 0.29) is 0 Å². The number of nitrogens with zero attached hydrogens (tertiary/aromatic N) is 1. The first-order valence-corrected chi connectivity index (χ1v) is 7.01. The molecule has 1 aromatic carbocycles. The normalized spacial score (nSPS) is 12.3. The Morgan fingerprint density at radius 1 is 1.17 bits per heavy atom. The first-order valence-electron chi connectivity index (χ1n) is 6.19. The third kappa shape index (κ3) is 3.12. The van der Waals surface area contributed by atoms with Crippen LogP contribution in [-0.2, 0) is 0 Å². The van der Waals surface area contributed by atoms with Crippen LogP contribution in [0.15, 0.2) is 58.6 Å². The van der Waals surface area contributed by atoms with E-state index in [1.165, 1.54) is 15.4 Å². The van der Waals surface area contributed by atoms with Gasteiger partial charge in [0.2, 0.25) is 0 Å². The highest BCUT2D eigenvalue weighted by atomic mass is 32.2. The molecule has 1 N–H and O–H groups in total. The van der Waals surface area contributed by atoms with Crippen molar-refractivity contribution in [3.8, 4) is 0 Å². The van der Waals surface area contributed by atoms with Crippen molar-refractivity contribution in [1.82, 2.24) is 10.3 Å². The van der Waals surface area contributed by atoms with Gasteiger partial charge in [0.1, 0.15) is 0 Å².